The highest BCUT2D eigenvalue weighted by atomic mass is 32.1. The van der Waals surface area contributed by atoms with E-state index >= 15 is 0 Å². The van der Waals surface area contributed by atoms with E-state index in [0.29, 0.717) is 5.13 Å². The number of aryl methyl sites for hydroxylation is 2. The van der Waals surface area contributed by atoms with Gasteiger partial charge in [0.15, 0.2) is 0 Å². The average Bonchev–Trinajstić information content (AvgIpc) is 2.92. The predicted molar refractivity (Wildman–Crippen MR) is 85.5 cm³/mol. The molecule has 1 aromatic carbocycles. The van der Waals surface area contributed by atoms with Crippen LogP contribution in [0.2, 0.25) is 0 Å². The second kappa shape index (κ2) is 7.10. The first-order chi connectivity index (χ1) is 10.5. The summed E-state index contributed by atoms with van der Waals surface area (Å²) in [6.45, 7) is 3.73. The van der Waals surface area contributed by atoms with Gasteiger partial charge in [-0.3, -0.25) is 14.9 Å². The molecule has 0 fully saturated rings. The van der Waals surface area contributed by atoms with Gasteiger partial charge in [-0.1, -0.05) is 28.5 Å². The van der Waals surface area contributed by atoms with Gasteiger partial charge in [0.05, 0.1) is 13.1 Å². The third kappa shape index (κ3) is 4.34. The Morgan fingerprint density at radius 1 is 1.14 bits per heavy atom. The summed E-state index contributed by atoms with van der Waals surface area (Å²) in [4.78, 5) is 22.6. The smallest absolute Gasteiger partial charge is 0.245 e. The molecular formula is C14H17N5O2S. The topological polar surface area (TPSA) is 110 Å². The minimum Gasteiger partial charge on any atom is -0.346 e. The maximum atomic E-state index is 11.7. The Morgan fingerprint density at radius 3 is 2.45 bits per heavy atom. The molecule has 0 radical (unpaired) electrons. The molecule has 0 saturated heterocycles. The fourth-order valence-electron chi connectivity index (χ4n) is 1.90. The number of carbonyl (C=O) groups is 2. The highest BCUT2D eigenvalue weighted by Gasteiger charge is 2.11. The second-order valence-corrected chi connectivity index (χ2v) is 5.80. The van der Waals surface area contributed by atoms with Gasteiger partial charge in [-0.15, -0.1) is 10.2 Å². The Kier molecular flexibility index (Phi) is 5.18. The fraction of sp³-hybridized carbons (Fsp3) is 0.286. The highest BCUT2D eigenvalue weighted by Crippen LogP contribution is 2.27. The molecule has 2 rings (SSSR count). The molecule has 0 aliphatic carbocycles. The summed E-state index contributed by atoms with van der Waals surface area (Å²) in [7, 11) is 0. The maximum Gasteiger partial charge on any atom is 0.245 e. The zero-order valence-corrected chi connectivity index (χ0v) is 13.2. The van der Waals surface area contributed by atoms with E-state index in [1.807, 2.05) is 26.0 Å². The van der Waals surface area contributed by atoms with Crippen LogP contribution >= 0.6 is 11.3 Å². The third-order valence-electron chi connectivity index (χ3n) is 2.77. The number of hydrogen-bond donors (Lipinski definition) is 3. The summed E-state index contributed by atoms with van der Waals surface area (Å²) in [6, 6.07) is 6.11. The van der Waals surface area contributed by atoms with E-state index in [1.165, 1.54) is 11.3 Å². The van der Waals surface area contributed by atoms with Crippen molar-refractivity contribution in [2.45, 2.75) is 13.8 Å². The van der Waals surface area contributed by atoms with Crippen LogP contribution in [-0.4, -0.2) is 35.1 Å². The van der Waals surface area contributed by atoms with Crippen LogP contribution in [-0.2, 0) is 9.59 Å². The number of aromatic nitrogens is 2. The lowest BCUT2D eigenvalue weighted by Crippen LogP contribution is -2.36. The van der Waals surface area contributed by atoms with E-state index < -0.39 is 0 Å². The van der Waals surface area contributed by atoms with Crippen molar-refractivity contribution in [3.8, 4) is 10.6 Å². The minimum absolute atomic E-state index is 0.144. The van der Waals surface area contributed by atoms with E-state index in [9.17, 15) is 9.59 Å². The van der Waals surface area contributed by atoms with Gasteiger partial charge in [-0.2, -0.15) is 0 Å². The Hall–Kier alpha value is -2.32. The first-order valence-corrected chi connectivity index (χ1v) is 7.48. The van der Waals surface area contributed by atoms with Crippen molar-refractivity contribution in [1.82, 2.24) is 15.5 Å². The molecule has 116 valence electrons. The molecule has 1 heterocycles. The molecule has 1 aromatic heterocycles. The van der Waals surface area contributed by atoms with E-state index in [0.717, 1.165) is 21.7 Å². The molecule has 0 aliphatic heterocycles. The minimum atomic E-state index is -0.386. The number of nitrogens with two attached hydrogens (primary N) is 1. The van der Waals surface area contributed by atoms with Crippen LogP contribution in [0.15, 0.2) is 18.2 Å². The van der Waals surface area contributed by atoms with Crippen LogP contribution in [0.4, 0.5) is 5.13 Å². The molecule has 22 heavy (non-hydrogen) atoms. The monoisotopic (exact) mass is 319 g/mol. The lowest BCUT2D eigenvalue weighted by molar-refractivity contribution is -0.123. The van der Waals surface area contributed by atoms with Crippen LogP contribution in [0.1, 0.15) is 11.1 Å². The zero-order chi connectivity index (χ0) is 16.1. The molecular weight excluding hydrogens is 302 g/mol. The first-order valence-electron chi connectivity index (χ1n) is 6.66. The Bertz CT molecular complexity index is 678. The molecule has 7 nitrogen and oxygen atoms in total. The van der Waals surface area contributed by atoms with E-state index in [-0.39, 0.29) is 24.9 Å². The van der Waals surface area contributed by atoms with Crippen molar-refractivity contribution in [1.29, 1.82) is 0 Å². The van der Waals surface area contributed by atoms with Crippen LogP contribution in [0.5, 0.6) is 0 Å². The molecule has 0 spiro atoms. The number of nitrogens with one attached hydrogen (secondary N) is 2. The number of benzene rings is 1. The van der Waals surface area contributed by atoms with Gasteiger partial charge in [-0.25, -0.2) is 0 Å². The van der Waals surface area contributed by atoms with Gasteiger partial charge in [-0.05, 0) is 26.0 Å². The maximum absolute atomic E-state index is 11.7. The summed E-state index contributed by atoms with van der Waals surface area (Å²) in [6.07, 6.45) is 0. The van der Waals surface area contributed by atoms with Crippen molar-refractivity contribution >= 4 is 28.3 Å². The average molecular weight is 319 g/mol. The van der Waals surface area contributed by atoms with Gasteiger partial charge in [0.2, 0.25) is 16.9 Å². The quantitative estimate of drug-likeness (QED) is 0.756. The summed E-state index contributed by atoms with van der Waals surface area (Å²) in [5.74, 6) is -0.756. The molecule has 0 atom stereocenters. The van der Waals surface area contributed by atoms with E-state index in [1.54, 1.807) is 0 Å². The number of rotatable bonds is 5. The van der Waals surface area contributed by atoms with Gasteiger partial charge in [0.1, 0.15) is 5.01 Å². The number of carbonyl (C=O) groups excluding carboxylic acids is 2. The van der Waals surface area contributed by atoms with Gasteiger partial charge >= 0.3 is 0 Å². The summed E-state index contributed by atoms with van der Waals surface area (Å²) in [5, 5.41) is 14.1. The molecule has 2 aromatic rings. The lowest BCUT2D eigenvalue weighted by Gasteiger charge is -2.02. The summed E-state index contributed by atoms with van der Waals surface area (Å²) in [5.41, 5.74) is 8.38. The van der Waals surface area contributed by atoms with Gasteiger partial charge < -0.3 is 11.1 Å². The second-order valence-electron chi connectivity index (χ2n) is 4.82. The SMILES string of the molecule is Cc1cc(C)cc(-c2nnc(NC(=O)CNC(=O)CN)s2)c1. The largest absolute Gasteiger partial charge is 0.346 e. The lowest BCUT2D eigenvalue weighted by atomic mass is 10.1. The van der Waals surface area contributed by atoms with Crippen LogP contribution < -0.4 is 16.4 Å². The molecule has 4 N–H and O–H groups in total. The van der Waals surface area contributed by atoms with Crippen molar-refractivity contribution < 1.29 is 9.59 Å². The first kappa shape index (κ1) is 16.1. The molecule has 8 heteroatoms. The third-order valence-corrected chi connectivity index (χ3v) is 3.66. The Morgan fingerprint density at radius 2 is 1.82 bits per heavy atom. The number of anilines is 1. The molecule has 0 bridgehead atoms. The standard InChI is InChI=1S/C14H17N5O2S/c1-8-3-9(2)5-10(4-8)13-18-19-14(22-13)17-12(21)7-16-11(20)6-15/h3-5H,6-7,15H2,1-2H3,(H,16,20)(H,17,19,21). The summed E-state index contributed by atoms with van der Waals surface area (Å²) < 4.78 is 0. The zero-order valence-electron chi connectivity index (χ0n) is 12.3. The number of nitrogens with zero attached hydrogens (tertiary/aromatic N) is 2. The van der Waals surface area contributed by atoms with E-state index in [2.05, 4.69) is 26.9 Å². The van der Waals surface area contributed by atoms with Crippen LogP contribution in [0.25, 0.3) is 10.6 Å². The van der Waals surface area contributed by atoms with Crippen LogP contribution in [0.3, 0.4) is 0 Å². The Balaban J connectivity index is 2.02. The fourth-order valence-corrected chi connectivity index (χ4v) is 2.65. The van der Waals surface area contributed by atoms with Crippen molar-refractivity contribution in [2.75, 3.05) is 18.4 Å². The predicted octanol–water partition coefficient (Wildman–Crippen LogP) is 0.835. The normalized spacial score (nSPS) is 10.3. The van der Waals surface area contributed by atoms with Gasteiger partial charge in [0, 0.05) is 5.56 Å². The van der Waals surface area contributed by atoms with Gasteiger partial charge in [0.25, 0.3) is 0 Å². The highest BCUT2D eigenvalue weighted by molar-refractivity contribution is 7.18. The molecule has 0 aliphatic rings. The molecule has 0 unspecified atom stereocenters. The number of hydrogen-bond acceptors (Lipinski definition) is 6. The van der Waals surface area contributed by atoms with Crippen molar-refractivity contribution in [2.24, 2.45) is 5.73 Å². The van der Waals surface area contributed by atoms with Crippen LogP contribution in [0, 0.1) is 13.8 Å². The molecule has 0 saturated carbocycles. The Labute approximate surface area is 131 Å². The number of amides is 2. The van der Waals surface area contributed by atoms with E-state index in [4.69, 9.17) is 5.73 Å². The molecule has 2 amide bonds. The van der Waals surface area contributed by atoms with Crippen molar-refractivity contribution in [3.63, 3.8) is 0 Å². The van der Waals surface area contributed by atoms with Crippen molar-refractivity contribution in [3.05, 3.63) is 29.3 Å². The summed E-state index contributed by atoms with van der Waals surface area (Å²) >= 11 is 1.28.